The molecule has 1 N–H and O–H groups in total. The lowest BCUT2D eigenvalue weighted by atomic mass is 10.1. The number of thioether (sulfide) groups is 1. The van der Waals surface area contributed by atoms with E-state index in [0.29, 0.717) is 0 Å². The number of benzene rings is 1. The lowest BCUT2D eigenvalue weighted by Crippen LogP contribution is -2.35. The molecule has 0 radical (unpaired) electrons. The van der Waals surface area contributed by atoms with Crippen molar-refractivity contribution in [2.45, 2.75) is 37.8 Å². The second-order valence-corrected chi connectivity index (χ2v) is 6.29. The van der Waals surface area contributed by atoms with Crippen LogP contribution < -0.4 is 5.32 Å². The van der Waals surface area contributed by atoms with E-state index in [1.165, 1.54) is 14.9 Å². The Morgan fingerprint density at radius 3 is 2.47 bits per heavy atom. The molecule has 84 valence electrons. The Bertz CT molecular complexity index is 331. The second kappa shape index (κ2) is 5.37. The third-order valence-electron chi connectivity index (χ3n) is 2.07. The third-order valence-corrected chi connectivity index (χ3v) is 3.53. The standard InChI is InChI=1S/C12H18BrNS/c1-12(2,3)14-8-9-5-6-10(15-4)7-11(9)13/h5-7,14H,8H2,1-4H3. The summed E-state index contributed by atoms with van der Waals surface area (Å²) in [4.78, 5) is 1.29. The van der Waals surface area contributed by atoms with Crippen LogP contribution in [0.25, 0.3) is 0 Å². The van der Waals surface area contributed by atoms with Crippen molar-refractivity contribution in [3.05, 3.63) is 28.2 Å². The minimum Gasteiger partial charge on any atom is -0.308 e. The first kappa shape index (κ1) is 13.1. The van der Waals surface area contributed by atoms with Crippen LogP contribution in [0.5, 0.6) is 0 Å². The zero-order valence-electron chi connectivity index (χ0n) is 9.73. The molecule has 3 heteroatoms. The van der Waals surface area contributed by atoms with E-state index >= 15 is 0 Å². The Morgan fingerprint density at radius 1 is 1.33 bits per heavy atom. The molecular weight excluding hydrogens is 270 g/mol. The van der Waals surface area contributed by atoms with Crippen molar-refractivity contribution in [3.63, 3.8) is 0 Å². The molecule has 0 atom stereocenters. The zero-order valence-corrected chi connectivity index (χ0v) is 12.1. The van der Waals surface area contributed by atoms with E-state index in [1.54, 1.807) is 11.8 Å². The van der Waals surface area contributed by atoms with E-state index in [9.17, 15) is 0 Å². The van der Waals surface area contributed by atoms with Crippen molar-refractivity contribution in [3.8, 4) is 0 Å². The summed E-state index contributed by atoms with van der Waals surface area (Å²) in [5.74, 6) is 0. The molecule has 0 aliphatic heterocycles. The molecule has 0 unspecified atom stereocenters. The molecule has 0 aromatic heterocycles. The van der Waals surface area contributed by atoms with Crippen molar-refractivity contribution >= 4 is 27.7 Å². The maximum absolute atomic E-state index is 3.60. The molecule has 0 heterocycles. The summed E-state index contributed by atoms with van der Waals surface area (Å²) in [5, 5.41) is 3.48. The molecule has 0 amide bonds. The normalized spacial score (nSPS) is 11.8. The summed E-state index contributed by atoms with van der Waals surface area (Å²) in [5.41, 5.74) is 1.47. The van der Waals surface area contributed by atoms with Crippen molar-refractivity contribution < 1.29 is 0 Å². The fraction of sp³-hybridized carbons (Fsp3) is 0.500. The van der Waals surface area contributed by atoms with Gasteiger partial charge < -0.3 is 5.32 Å². The van der Waals surface area contributed by atoms with Crippen molar-refractivity contribution in [1.29, 1.82) is 0 Å². The summed E-state index contributed by atoms with van der Waals surface area (Å²) in [7, 11) is 0. The minimum absolute atomic E-state index is 0.164. The number of rotatable bonds is 3. The van der Waals surface area contributed by atoms with Crippen LogP contribution in [-0.4, -0.2) is 11.8 Å². The van der Waals surface area contributed by atoms with Gasteiger partial charge in [0.15, 0.2) is 0 Å². The smallest absolute Gasteiger partial charge is 0.0231 e. The highest BCUT2D eigenvalue weighted by Gasteiger charge is 2.09. The van der Waals surface area contributed by atoms with Gasteiger partial charge in [-0.1, -0.05) is 22.0 Å². The average molecular weight is 288 g/mol. The molecule has 1 nitrogen and oxygen atoms in total. The van der Waals surface area contributed by atoms with Gasteiger partial charge in [-0.05, 0) is 44.7 Å². The molecule has 0 aliphatic rings. The third kappa shape index (κ3) is 4.58. The Balaban J connectivity index is 2.70. The van der Waals surface area contributed by atoms with Crippen molar-refractivity contribution in [2.24, 2.45) is 0 Å². The summed E-state index contributed by atoms with van der Waals surface area (Å²) in [6.07, 6.45) is 2.09. The highest BCUT2D eigenvalue weighted by molar-refractivity contribution is 9.10. The largest absolute Gasteiger partial charge is 0.308 e. The van der Waals surface area contributed by atoms with Crippen LogP contribution in [0.15, 0.2) is 27.6 Å². The first-order chi connectivity index (χ1) is 6.92. The van der Waals surface area contributed by atoms with Gasteiger partial charge in [-0.15, -0.1) is 11.8 Å². The van der Waals surface area contributed by atoms with E-state index < -0.39 is 0 Å². The van der Waals surface area contributed by atoms with E-state index in [-0.39, 0.29) is 5.54 Å². The molecule has 0 bridgehead atoms. The quantitative estimate of drug-likeness (QED) is 0.842. The Hall–Kier alpha value is 0.01000. The number of hydrogen-bond donors (Lipinski definition) is 1. The Labute approximate surface area is 105 Å². The van der Waals surface area contributed by atoms with Gasteiger partial charge in [0, 0.05) is 21.5 Å². The van der Waals surface area contributed by atoms with Gasteiger partial charge in [-0.3, -0.25) is 0 Å². The molecule has 1 rings (SSSR count). The van der Waals surface area contributed by atoms with E-state index in [1.807, 2.05) is 0 Å². The summed E-state index contributed by atoms with van der Waals surface area (Å²) in [6, 6.07) is 6.51. The number of hydrogen-bond acceptors (Lipinski definition) is 2. The van der Waals surface area contributed by atoms with E-state index in [0.717, 1.165) is 6.54 Å². The topological polar surface area (TPSA) is 12.0 Å². The van der Waals surface area contributed by atoms with Crippen LogP contribution in [-0.2, 0) is 6.54 Å². The lowest BCUT2D eigenvalue weighted by molar-refractivity contribution is 0.424. The maximum Gasteiger partial charge on any atom is 0.0231 e. The number of nitrogens with one attached hydrogen (secondary N) is 1. The molecule has 0 fully saturated rings. The Kier molecular flexibility index (Phi) is 4.68. The van der Waals surface area contributed by atoms with Gasteiger partial charge in [-0.25, -0.2) is 0 Å². The summed E-state index contributed by atoms with van der Waals surface area (Å²) >= 11 is 5.37. The molecule has 1 aromatic rings. The van der Waals surface area contributed by atoms with Crippen LogP contribution in [0.1, 0.15) is 26.3 Å². The molecular formula is C12H18BrNS. The molecule has 1 aromatic carbocycles. The van der Waals surface area contributed by atoms with Crippen LogP contribution in [0.3, 0.4) is 0 Å². The van der Waals surface area contributed by atoms with Crippen LogP contribution in [0, 0.1) is 0 Å². The fourth-order valence-electron chi connectivity index (χ4n) is 1.16. The minimum atomic E-state index is 0.164. The summed E-state index contributed by atoms with van der Waals surface area (Å²) < 4.78 is 1.19. The van der Waals surface area contributed by atoms with Gasteiger partial charge >= 0.3 is 0 Å². The van der Waals surface area contributed by atoms with Gasteiger partial charge in [0.2, 0.25) is 0 Å². The Morgan fingerprint density at radius 2 is 2.00 bits per heavy atom. The maximum atomic E-state index is 3.60. The average Bonchev–Trinajstić information content (AvgIpc) is 2.14. The van der Waals surface area contributed by atoms with Gasteiger partial charge in [-0.2, -0.15) is 0 Å². The van der Waals surface area contributed by atoms with Crippen LogP contribution in [0.2, 0.25) is 0 Å². The lowest BCUT2D eigenvalue weighted by Gasteiger charge is -2.21. The molecule has 15 heavy (non-hydrogen) atoms. The molecule has 0 aliphatic carbocycles. The van der Waals surface area contributed by atoms with Crippen molar-refractivity contribution in [2.75, 3.05) is 6.26 Å². The zero-order chi connectivity index (χ0) is 11.5. The second-order valence-electron chi connectivity index (χ2n) is 4.56. The highest BCUT2D eigenvalue weighted by atomic mass is 79.9. The van der Waals surface area contributed by atoms with Gasteiger partial charge in [0.05, 0.1) is 0 Å². The monoisotopic (exact) mass is 287 g/mol. The van der Waals surface area contributed by atoms with Crippen molar-refractivity contribution in [1.82, 2.24) is 5.32 Å². The number of halogens is 1. The predicted molar refractivity (Wildman–Crippen MR) is 72.5 cm³/mol. The predicted octanol–water partition coefficient (Wildman–Crippen LogP) is 4.06. The first-order valence-electron chi connectivity index (χ1n) is 5.00. The first-order valence-corrected chi connectivity index (χ1v) is 7.01. The van der Waals surface area contributed by atoms with E-state index in [2.05, 4.69) is 66.5 Å². The van der Waals surface area contributed by atoms with Gasteiger partial charge in [0.1, 0.15) is 0 Å². The van der Waals surface area contributed by atoms with Gasteiger partial charge in [0.25, 0.3) is 0 Å². The molecule has 0 saturated carbocycles. The highest BCUT2D eigenvalue weighted by Crippen LogP contribution is 2.24. The molecule has 0 saturated heterocycles. The van der Waals surface area contributed by atoms with Crippen LogP contribution in [0.4, 0.5) is 0 Å². The molecule has 0 spiro atoms. The summed E-state index contributed by atoms with van der Waals surface area (Å²) in [6.45, 7) is 7.43. The van der Waals surface area contributed by atoms with Crippen LogP contribution >= 0.6 is 27.7 Å². The van der Waals surface area contributed by atoms with E-state index in [4.69, 9.17) is 0 Å². The fourth-order valence-corrected chi connectivity index (χ4v) is 2.27. The SMILES string of the molecule is CSc1ccc(CNC(C)(C)C)c(Br)c1.